The summed E-state index contributed by atoms with van der Waals surface area (Å²) in [5.74, 6) is -0.282. The Morgan fingerprint density at radius 2 is 2.10 bits per heavy atom. The Kier molecular flexibility index (Phi) is 6.91. The van der Waals surface area contributed by atoms with Gasteiger partial charge in [0.2, 0.25) is 5.91 Å². The van der Waals surface area contributed by atoms with Crippen LogP contribution in [0.4, 0.5) is 4.39 Å². The lowest BCUT2D eigenvalue weighted by Gasteiger charge is -2.29. The molecular formula is C14H21ClFN3O. The standard InChI is InChI=1S/C14H20FN3O.ClH/c15-12-5-3-11(4-6-12)8-17-14(19)10-18-7-1-2-13(16)9-18;/h3-6,13H,1-2,7-10,16H2,(H,17,19);1H. The second-order valence-corrected chi connectivity index (χ2v) is 5.04. The van der Waals surface area contributed by atoms with Crippen molar-refractivity contribution >= 4 is 18.3 Å². The summed E-state index contributed by atoms with van der Waals surface area (Å²) < 4.78 is 12.7. The van der Waals surface area contributed by atoms with Crippen molar-refractivity contribution in [2.45, 2.75) is 25.4 Å². The average Bonchev–Trinajstić information content (AvgIpc) is 2.38. The number of nitrogens with zero attached hydrogens (tertiary/aromatic N) is 1. The van der Waals surface area contributed by atoms with Gasteiger partial charge in [-0.05, 0) is 37.1 Å². The molecule has 0 radical (unpaired) electrons. The van der Waals surface area contributed by atoms with Crippen LogP contribution in [0.1, 0.15) is 18.4 Å². The largest absolute Gasteiger partial charge is 0.351 e. The highest BCUT2D eigenvalue weighted by atomic mass is 35.5. The second-order valence-electron chi connectivity index (χ2n) is 5.04. The first-order valence-electron chi connectivity index (χ1n) is 6.62. The number of likely N-dealkylation sites (tertiary alicyclic amines) is 1. The molecule has 6 heteroatoms. The Hall–Kier alpha value is -1.17. The van der Waals surface area contributed by atoms with Gasteiger partial charge in [0, 0.05) is 19.1 Å². The summed E-state index contributed by atoms with van der Waals surface area (Å²) in [6.07, 6.45) is 2.08. The maximum Gasteiger partial charge on any atom is 0.234 e. The summed E-state index contributed by atoms with van der Waals surface area (Å²) in [7, 11) is 0. The predicted molar refractivity (Wildman–Crippen MR) is 79.1 cm³/mol. The zero-order valence-corrected chi connectivity index (χ0v) is 12.2. The smallest absolute Gasteiger partial charge is 0.234 e. The molecule has 1 atom stereocenters. The molecule has 1 heterocycles. The Balaban J connectivity index is 0.00000200. The Morgan fingerprint density at radius 3 is 2.75 bits per heavy atom. The topological polar surface area (TPSA) is 58.4 Å². The molecule has 2 rings (SSSR count). The summed E-state index contributed by atoms with van der Waals surface area (Å²) >= 11 is 0. The van der Waals surface area contributed by atoms with E-state index in [-0.39, 0.29) is 30.2 Å². The fourth-order valence-corrected chi connectivity index (χ4v) is 2.30. The number of halogens is 2. The number of nitrogens with one attached hydrogen (secondary N) is 1. The van der Waals surface area contributed by atoms with Gasteiger partial charge in [-0.25, -0.2) is 4.39 Å². The van der Waals surface area contributed by atoms with Crippen molar-refractivity contribution < 1.29 is 9.18 Å². The van der Waals surface area contributed by atoms with Crippen molar-refractivity contribution in [2.75, 3.05) is 19.6 Å². The molecule has 0 bridgehead atoms. The molecule has 4 nitrogen and oxygen atoms in total. The van der Waals surface area contributed by atoms with Crippen LogP contribution in [0.5, 0.6) is 0 Å². The summed E-state index contributed by atoms with van der Waals surface area (Å²) in [4.78, 5) is 13.9. The number of carbonyl (C=O) groups is 1. The van der Waals surface area contributed by atoms with Gasteiger partial charge in [-0.3, -0.25) is 9.69 Å². The molecule has 1 saturated heterocycles. The minimum absolute atomic E-state index is 0. The van der Waals surface area contributed by atoms with E-state index in [0.717, 1.165) is 31.5 Å². The zero-order chi connectivity index (χ0) is 13.7. The van der Waals surface area contributed by atoms with E-state index in [1.54, 1.807) is 12.1 Å². The van der Waals surface area contributed by atoms with Gasteiger partial charge in [-0.2, -0.15) is 0 Å². The molecule has 0 spiro atoms. The third-order valence-corrected chi connectivity index (χ3v) is 3.31. The van der Waals surface area contributed by atoms with Gasteiger partial charge in [-0.1, -0.05) is 12.1 Å². The Morgan fingerprint density at radius 1 is 1.40 bits per heavy atom. The Bertz CT molecular complexity index is 427. The van der Waals surface area contributed by atoms with Crippen molar-refractivity contribution in [3.05, 3.63) is 35.6 Å². The monoisotopic (exact) mass is 301 g/mol. The molecular weight excluding hydrogens is 281 g/mol. The van der Waals surface area contributed by atoms with Crippen molar-refractivity contribution in [3.63, 3.8) is 0 Å². The molecule has 1 fully saturated rings. The van der Waals surface area contributed by atoms with Gasteiger partial charge in [0.1, 0.15) is 5.82 Å². The van der Waals surface area contributed by atoms with Gasteiger partial charge >= 0.3 is 0 Å². The third kappa shape index (κ3) is 5.45. The van der Waals surface area contributed by atoms with Crippen LogP contribution in [0.25, 0.3) is 0 Å². The first-order chi connectivity index (χ1) is 9.13. The SMILES string of the molecule is Cl.NC1CCCN(CC(=O)NCc2ccc(F)cc2)C1. The van der Waals surface area contributed by atoms with E-state index in [0.29, 0.717) is 13.1 Å². The van der Waals surface area contributed by atoms with Crippen LogP contribution in [-0.4, -0.2) is 36.5 Å². The molecule has 1 aliphatic rings. The summed E-state index contributed by atoms with van der Waals surface area (Å²) in [6.45, 7) is 2.52. The van der Waals surface area contributed by atoms with Gasteiger partial charge in [-0.15, -0.1) is 12.4 Å². The van der Waals surface area contributed by atoms with Gasteiger partial charge in [0.15, 0.2) is 0 Å². The van der Waals surface area contributed by atoms with Crippen LogP contribution in [0.3, 0.4) is 0 Å². The highest BCUT2D eigenvalue weighted by Crippen LogP contribution is 2.07. The normalized spacial score (nSPS) is 19.2. The van der Waals surface area contributed by atoms with Crippen LogP contribution in [0.15, 0.2) is 24.3 Å². The van der Waals surface area contributed by atoms with Crippen molar-refractivity contribution in [1.29, 1.82) is 0 Å². The van der Waals surface area contributed by atoms with Crippen LogP contribution < -0.4 is 11.1 Å². The van der Waals surface area contributed by atoms with Crippen molar-refractivity contribution in [3.8, 4) is 0 Å². The maximum absolute atomic E-state index is 12.7. The predicted octanol–water partition coefficient (Wildman–Crippen LogP) is 1.29. The van der Waals surface area contributed by atoms with Gasteiger partial charge < -0.3 is 11.1 Å². The molecule has 0 saturated carbocycles. The van der Waals surface area contributed by atoms with Crippen LogP contribution >= 0.6 is 12.4 Å². The van der Waals surface area contributed by atoms with E-state index in [2.05, 4.69) is 10.2 Å². The number of nitrogens with two attached hydrogens (primary N) is 1. The first-order valence-corrected chi connectivity index (χ1v) is 6.62. The lowest BCUT2D eigenvalue weighted by Crippen LogP contribution is -2.46. The number of benzene rings is 1. The van der Waals surface area contributed by atoms with Crippen LogP contribution in [-0.2, 0) is 11.3 Å². The number of hydrogen-bond donors (Lipinski definition) is 2. The molecule has 1 amide bonds. The average molecular weight is 302 g/mol. The number of hydrogen-bond acceptors (Lipinski definition) is 3. The quantitative estimate of drug-likeness (QED) is 0.881. The number of amides is 1. The summed E-state index contributed by atoms with van der Waals surface area (Å²) in [5.41, 5.74) is 6.76. The number of piperidine rings is 1. The van der Waals surface area contributed by atoms with Crippen LogP contribution in [0.2, 0.25) is 0 Å². The van der Waals surface area contributed by atoms with E-state index >= 15 is 0 Å². The third-order valence-electron chi connectivity index (χ3n) is 3.31. The minimum atomic E-state index is -0.266. The van der Waals surface area contributed by atoms with Crippen LogP contribution in [0, 0.1) is 5.82 Å². The van der Waals surface area contributed by atoms with E-state index < -0.39 is 0 Å². The molecule has 112 valence electrons. The lowest BCUT2D eigenvalue weighted by molar-refractivity contribution is -0.122. The highest BCUT2D eigenvalue weighted by molar-refractivity contribution is 5.85. The molecule has 0 aromatic heterocycles. The molecule has 1 aromatic carbocycles. The van der Waals surface area contributed by atoms with Crippen molar-refractivity contribution in [1.82, 2.24) is 10.2 Å². The molecule has 3 N–H and O–H groups in total. The second kappa shape index (κ2) is 8.19. The fourth-order valence-electron chi connectivity index (χ4n) is 2.30. The molecule has 1 unspecified atom stereocenters. The van der Waals surface area contributed by atoms with E-state index in [1.165, 1.54) is 12.1 Å². The highest BCUT2D eigenvalue weighted by Gasteiger charge is 2.18. The van der Waals surface area contributed by atoms with E-state index in [1.807, 2.05) is 0 Å². The summed E-state index contributed by atoms with van der Waals surface area (Å²) in [5, 5.41) is 2.84. The Labute approximate surface area is 124 Å². The minimum Gasteiger partial charge on any atom is -0.351 e. The summed E-state index contributed by atoms with van der Waals surface area (Å²) in [6, 6.07) is 6.31. The zero-order valence-electron chi connectivity index (χ0n) is 11.3. The first kappa shape index (κ1) is 16.9. The van der Waals surface area contributed by atoms with Gasteiger partial charge in [0.05, 0.1) is 6.54 Å². The number of carbonyl (C=O) groups excluding carboxylic acids is 1. The molecule has 20 heavy (non-hydrogen) atoms. The van der Waals surface area contributed by atoms with E-state index in [9.17, 15) is 9.18 Å². The maximum atomic E-state index is 12.7. The van der Waals surface area contributed by atoms with E-state index in [4.69, 9.17) is 5.73 Å². The molecule has 0 aliphatic carbocycles. The molecule has 1 aliphatic heterocycles. The fraction of sp³-hybridized carbons (Fsp3) is 0.500. The van der Waals surface area contributed by atoms with Crippen molar-refractivity contribution in [2.24, 2.45) is 5.73 Å². The molecule has 1 aromatic rings. The lowest BCUT2D eigenvalue weighted by atomic mass is 10.1. The number of rotatable bonds is 4. The van der Waals surface area contributed by atoms with Gasteiger partial charge in [0.25, 0.3) is 0 Å².